The molecule has 100 valence electrons. The number of halogens is 1. The molecule has 1 aromatic heterocycles. The van der Waals surface area contributed by atoms with Gasteiger partial charge in [-0.05, 0) is 18.1 Å². The van der Waals surface area contributed by atoms with E-state index in [2.05, 4.69) is 10.3 Å². The summed E-state index contributed by atoms with van der Waals surface area (Å²) in [6.45, 7) is 4.14. The van der Waals surface area contributed by atoms with Gasteiger partial charge in [0.05, 0.1) is 6.10 Å². The molecule has 4 nitrogen and oxygen atoms in total. The van der Waals surface area contributed by atoms with Crippen molar-refractivity contribution in [1.29, 1.82) is 0 Å². The molecule has 0 aromatic carbocycles. The highest BCUT2D eigenvalue weighted by Gasteiger charge is 2.17. The van der Waals surface area contributed by atoms with Crippen LogP contribution in [-0.4, -0.2) is 28.6 Å². The molecule has 2 N–H and O–H groups in total. The van der Waals surface area contributed by atoms with E-state index in [4.69, 9.17) is 0 Å². The van der Waals surface area contributed by atoms with Gasteiger partial charge in [0.1, 0.15) is 5.69 Å². The third-order valence-corrected chi connectivity index (χ3v) is 3.01. The summed E-state index contributed by atoms with van der Waals surface area (Å²) >= 11 is 0. The Kier molecular flexibility index (Phi) is 5.71. The van der Waals surface area contributed by atoms with Crippen LogP contribution < -0.4 is 5.32 Å². The summed E-state index contributed by atoms with van der Waals surface area (Å²) in [6, 6.07) is 4.03. The van der Waals surface area contributed by atoms with Crippen LogP contribution in [0.2, 0.25) is 0 Å². The average molecular weight is 254 g/mol. The number of nitrogens with one attached hydrogen (secondary N) is 1. The molecular formula is C13H19FN2O2. The molecule has 18 heavy (non-hydrogen) atoms. The summed E-state index contributed by atoms with van der Waals surface area (Å²) in [5.74, 6) is -1.01. The first-order valence-electron chi connectivity index (χ1n) is 6.17. The Bertz CT molecular complexity index is 394. The quantitative estimate of drug-likeness (QED) is 0.760. The van der Waals surface area contributed by atoms with Crippen LogP contribution in [0.15, 0.2) is 18.2 Å². The maximum Gasteiger partial charge on any atom is 0.270 e. The Morgan fingerprint density at radius 2 is 2.11 bits per heavy atom. The van der Waals surface area contributed by atoms with Gasteiger partial charge >= 0.3 is 0 Å². The van der Waals surface area contributed by atoms with Crippen LogP contribution in [0.3, 0.4) is 0 Å². The normalized spacial score (nSPS) is 12.5. The summed E-state index contributed by atoms with van der Waals surface area (Å²) in [7, 11) is 0. The minimum atomic E-state index is -0.691. The van der Waals surface area contributed by atoms with Gasteiger partial charge in [-0.25, -0.2) is 4.98 Å². The number of hydrogen-bond donors (Lipinski definition) is 2. The number of aromatic nitrogens is 1. The molecule has 0 radical (unpaired) electrons. The van der Waals surface area contributed by atoms with Crippen molar-refractivity contribution in [2.45, 2.75) is 32.8 Å². The van der Waals surface area contributed by atoms with Gasteiger partial charge < -0.3 is 10.4 Å². The number of nitrogens with zero attached hydrogens (tertiary/aromatic N) is 1. The third-order valence-electron chi connectivity index (χ3n) is 3.01. The molecule has 0 aliphatic heterocycles. The van der Waals surface area contributed by atoms with Crippen LogP contribution in [0.1, 0.15) is 37.2 Å². The SMILES string of the molecule is CCC(CC)C(O)CNC(=O)c1cccc(F)n1. The number of carbonyl (C=O) groups is 1. The summed E-state index contributed by atoms with van der Waals surface area (Å²) in [5.41, 5.74) is 0.0201. The molecule has 0 saturated carbocycles. The topological polar surface area (TPSA) is 62.2 Å². The maximum atomic E-state index is 12.8. The van der Waals surface area contributed by atoms with Gasteiger partial charge in [-0.1, -0.05) is 32.8 Å². The Hall–Kier alpha value is -1.49. The molecule has 1 unspecified atom stereocenters. The van der Waals surface area contributed by atoms with Crippen molar-refractivity contribution < 1.29 is 14.3 Å². The zero-order valence-corrected chi connectivity index (χ0v) is 10.7. The highest BCUT2D eigenvalue weighted by Crippen LogP contribution is 2.12. The number of carbonyl (C=O) groups excluding carboxylic acids is 1. The molecule has 1 aromatic rings. The summed E-state index contributed by atoms with van der Waals surface area (Å²) in [6.07, 6.45) is 1.12. The molecule has 0 saturated heterocycles. The predicted octanol–water partition coefficient (Wildman–Crippen LogP) is 1.75. The van der Waals surface area contributed by atoms with E-state index < -0.39 is 18.0 Å². The number of hydrogen-bond acceptors (Lipinski definition) is 3. The van der Waals surface area contributed by atoms with Crippen molar-refractivity contribution in [2.75, 3.05) is 6.54 Å². The largest absolute Gasteiger partial charge is 0.391 e. The molecule has 0 bridgehead atoms. The second-order valence-corrected chi connectivity index (χ2v) is 4.20. The van der Waals surface area contributed by atoms with E-state index in [0.29, 0.717) is 0 Å². The second-order valence-electron chi connectivity index (χ2n) is 4.20. The molecule has 1 heterocycles. The van der Waals surface area contributed by atoms with Crippen molar-refractivity contribution in [3.8, 4) is 0 Å². The minimum Gasteiger partial charge on any atom is -0.391 e. The van der Waals surface area contributed by atoms with Gasteiger partial charge in [0, 0.05) is 6.54 Å². The smallest absolute Gasteiger partial charge is 0.270 e. The predicted molar refractivity (Wildman–Crippen MR) is 66.6 cm³/mol. The Balaban J connectivity index is 2.51. The minimum absolute atomic E-state index is 0.0201. The van der Waals surface area contributed by atoms with Gasteiger partial charge in [0.25, 0.3) is 5.91 Å². The van der Waals surface area contributed by atoms with E-state index in [1.54, 1.807) is 0 Å². The average Bonchev–Trinajstić information content (AvgIpc) is 2.37. The van der Waals surface area contributed by atoms with Crippen molar-refractivity contribution in [1.82, 2.24) is 10.3 Å². The van der Waals surface area contributed by atoms with Gasteiger partial charge in [-0.15, -0.1) is 0 Å². The van der Waals surface area contributed by atoms with E-state index in [1.807, 2.05) is 13.8 Å². The standard InChI is InChI=1S/C13H19FN2O2/c1-3-9(4-2)11(17)8-15-13(18)10-6-5-7-12(14)16-10/h5-7,9,11,17H,3-4,8H2,1-2H3,(H,15,18). The molecular weight excluding hydrogens is 235 g/mol. The van der Waals surface area contributed by atoms with E-state index >= 15 is 0 Å². The number of amides is 1. The Labute approximate surface area is 106 Å². The number of pyridine rings is 1. The zero-order valence-electron chi connectivity index (χ0n) is 10.7. The first-order chi connectivity index (χ1) is 8.58. The first-order valence-corrected chi connectivity index (χ1v) is 6.17. The van der Waals surface area contributed by atoms with Crippen molar-refractivity contribution in [3.05, 3.63) is 29.8 Å². The third kappa shape index (κ3) is 4.07. The lowest BCUT2D eigenvalue weighted by atomic mass is 9.96. The number of aliphatic hydroxyl groups excluding tert-OH is 1. The van der Waals surface area contributed by atoms with Crippen molar-refractivity contribution in [2.24, 2.45) is 5.92 Å². The van der Waals surface area contributed by atoms with Crippen LogP contribution in [0, 0.1) is 11.9 Å². The molecule has 1 atom stereocenters. The zero-order chi connectivity index (χ0) is 13.5. The summed E-state index contributed by atoms with van der Waals surface area (Å²) in [5, 5.41) is 12.4. The highest BCUT2D eigenvalue weighted by atomic mass is 19.1. The van der Waals surface area contributed by atoms with Crippen LogP contribution in [-0.2, 0) is 0 Å². The lowest BCUT2D eigenvalue weighted by Gasteiger charge is -2.20. The summed E-state index contributed by atoms with van der Waals surface area (Å²) < 4.78 is 12.8. The Morgan fingerprint density at radius 3 is 2.67 bits per heavy atom. The fourth-order valence-electron chi connectivity index (χ4n) is 1.82. The fraction of sp³-hybridized carbons (Fsp3) is 0.538. The van der Waals surface area contributed by atoms with Crippen LogP contribution in [0.4, 0.5) is 4.39 Å². The second kappa shape index (κ2) is 7.06. The van der Waals surface area contributed by atoms with E-state index in [1.165, 1.54) is 18.2 Å². The molecule has 0 aliphatic carbocycles. The van der Waals surface area contributed by atoms with Crippen molar-refractivity contribution >= 4 is 5.91 Å². The van der Waals surface area contributed by atoms with Crippen molar-refractivity contribution in [3.63, 3.8) is 0 Å². The molecule has 0 aliphatic rings. The van der Waals surface area contributed by atoms with Gasteiger partial charge in [0.2, 0.25) is 5.95 Å². The van der Waals surface area contributed by atoms with Gasteiger partial charge in [0.15, 0.2) is 0 Å². The summed E-state index contributed by atoms with van der Waals surface area (Å²) in [4.78, 5) is 15.1. The van der Waals surface area contributed by atoms with Crippen LogP contribution >= 0.6 is 0 Å². The van der Waals surface area contributed by atoms with E-state index in [-0.39, 0.29) is 18.2 Å². The molecule has 1 rings (SSSR count). The lowest BCUT2D eigenvalue weighted by molar-refractivity contribution is 0.0812. The number of rotatable bonds is 6. The number of aliphatic hydroxyl groups is 1. The molecule has 5 heteroatoms. The van der Waals surface area contributed by atoms with E-state index in [9.17, 15) is 14.3 Å². The Morgan fingerprint density at radius 1 is 1.44 bits per heavy atom. The molecule has 0 fully saturated rings. The van der Waals surface area contributed by atoms with Crippen LogP contribution in [0.5, 0.6) is 0 Å². The first kappa shape index (κ1) is 14.6. The van der Waals surface area contributed by atoms with E-state index in [0.717, 1.165) is 12.8 Å². The van der Waals surface area contributed by atoms with Gasteiger partial charge in [-0.2, -0.15) is 4.39 Å². The van der Waals surface area contributed by atoms with Crippen LogP contribution in [0.25, 0.3) is 0 Å². The molecule has 0 spiro atoms. The fourth-order valence-corrected chi connectivity index (χ4v) is 1.82. The highest BCUT2D eigenvalue weighted by molar-refractivity contribution is 5.92. The monoisotopic (exact) mass is 254 g/mol. The lowest BCUT2D eigenvalue weighted by Crippen LogP contribution is -2.36. The van der Waals surface area contributed by atoms with Gasteiger partial charge in [-0.3, -0.25) is 4.79 Å². The molecule has 1 amide bonds. The maximum absolute atomic E-state index is 12.8.